The van der Waals surface area contributed by atoms with Gasteiger partial charge in [-0.05, 0) is 31.5 Å². The lowest BCUT2D eigenvalue weighted by Gasteiger charge is -2.12. The summed E-state index contributed by atoms with van der Waals surface area (Å²) >= 11 is 0. The largest absolute Gasteiger partial charge is 0.291 e. The first-order valence-corrected chi connectivity index (χ1v) is 10.5. The first kappa shape index (κ1) is 19.0. The maximum Gasteiger partial charge on any atom is 0.183 e. The van der Waals surface area contributed by atoms with Crippen molar-refractivity contribution in [3.8, 4) is 22.8 Å². The number of rotatable bonds is 5. The molecule has 2 aromatic heterocycles. The molecule has 5 rings (SSSR count). The molecule has 5 nitrogen and oxygen atoms in total. The monoisotopic (exact) mass is 405 g/mol. The van der Waals surface area contributed by atoms with Crippen molar-refractivity contribution < 1.29 is 0 Å². The minimum absolute atomic E-state index is 0.705. The summed E-state index contributed by atoms with van der Waals surface area (Å²) in [7, 11) is 0. The van der Waals surface area contributed by atoms with Crippen LogP contribution in [0.2, 0.25) is 0 Å². The Morgan fingerprint density at radius 1 is 0.774 bits per heavy atom. The number of benzene rings is 3. The van der Waals surface area contributed by atoms with E-state index < -0.39 is 0 Å². The summed E-state index contributed by atoms with van der Waals surface area (Å²) in [6.07, 6.45) is 0.772. The summed E-state index contributed by atoms with van der Waals surface area (Å²) in [6, 6.07) is 28.5. The number of nitrogens with one attached hydrogen (secondary N) is 1. The summed E-state index contributed by atoms with van der Waals surface area (Å²) in [5.74, 6) is 1.52. The molecule has 31 heavy (non-hydrogen) atoms. The number of fused-ring (bicyclic) bond motifs is 1. The van der Waals surface area contributed by atoms with Crippen molar-refractivity contribution in [3.05, 3.63) is 96.2 Å². The number of hydrogen-bond donors (Lipinski definition) is 1. The van der Waals surface area contributed by atoms with Gasteiger partial charge in [0.25, 0.3) is 0 Å². The third-order valence-corrected chi connectivity index (χ3v) is 5.24. The van der Waals surface area contributed by atoms with Gasteiger partial charge >= 0.3 is 0 Å². The van der Waals surface area contributed by atoms with Crippen molar-refractivity contribution in [1.29, 1.82) is 0 Å². The first-order valence-electron chi connectivity index (χ1n) is 10.5. The molecule has 0 fully saturated rings. The second kappa shape index (κ2) is 8.03. The van der Waals surface area contributed by atoms with Gasteiger partial charge in [0.15, 0.2) is 17.3 Å². The Bertz CT molecular complexity index is 1340. The number of hydrogen-bond acceptors (Lipinski definition) is 4. The predicted octanol–water partition coefficient (Wildman–Crippen LogP) is 5.91. The third-order valence-electron chi connectivity index (χ3n) is 5.24. The van der Waals surface area contributed by atoms with Crippen molar-refractivity contribution >= 4 is 16.9 Å². The molecule has 0 radical (unpaired) electrons. The lowest BCUT2D eigenvalue weighted by molar-refractivity contribution is 0.971. The Kier molecular flexibility index (Phi) is 4.92. The molecule has 5 aromatic rings. The van der Waals surface area contributed by atoms with E-state index in [0.29, 0.717) is 5.82 Å². The molecule has 152 valence electrons. The fourth-order valence-electron chi connectivity index (χ4n) is 3.70. The Morgan fingerprint density at radius 2 is 1.48 bits per heavy atom. The van der Waals surface area contributed by atoms with Crippen LogP contribution in [0.15, 0.2) is 84.9 Å². The van der Waals surface area contributed by atoms with Crippen molar-refractivity contribution in [1.82, 2.24) is 19.6 Å². The molecule has 0 aliphatic carbocycles. The number of nitrogens with zero attached hydrogens (tertiary/aromatic N) is 4. The van der Waals surface area contributed by atoms with Crippen LogP contribution in [0.25, 0.3) is 33.9 Å². The summed E-state index contributed by atoms with van der Waals surface area (Å²) in [6.45, 7) is 4.19. The van der Waals surface area contributed by atoms with E-state index in [0.717, 1.165) is 45.9 Å². The van der Waals surface area contributed by atoms with E-state index in [1.54, 1.807) is 0 Å². The van der Waals surface area contributed by atoms with Crippen molar-refractivity contribution in [2.75, 3.05) is 5.43 Å². The Morgan fingerprint density at radius 3 is 2.19 bits per heavy atom. The Hall–Kier alpha value is -3.99. The Balaban J connectivity index is 1.78. The molecule has 0 saturated carbocycles. The normalized spacial score (nSPS) is 11.0. The van der Waals surface area contributed by atoms with Crippen LogP contribution >= 0.6 is 0 Å². The number of imidazole rings is 1. The zero-order valence-electron chi connectivity index (χ0n) is 17.6. The molecule has 0 atom stereocenters. The van der Waals surface area contributed by atoms with Crippen molar-refractivity contribution in [2.24, 2.45) is 0 Å². The van der Waals surface area contributed by atoms with Crippen molar-refractivity contribution in [3.63, 3.8) is 0 Å². The van der Waals surface area contributed by atoms with Gasteiger partial charge in [-0.2, -0.15) is 0 Å². The number of aryl methyl sites for hydroxylation is 2. The van der Waals surface area contributed by atoms with Crippen LogP contribution in [0, 0.1) is 6.92 Å². The van der Waals surface area contributed by atoms with Crippen LogP contribution in [0.1, 0.15) is 18.2 Å². The number of aromatic nitrogens is 4. The number of para-hydroxylation sites is 1. The van der Waals surface area contributed by atoms with Gasteiger partial charge in [0, 0.05) is 11.1 Å². The molecule has 0 unspecified atom stereocenters. The third kappa shape index (κ3) is 3.66. The van der Waals surface area contributed by atoms with Crippen LogP contribution in [0.4, 0.5) is 5.69 Å². The first-order chi connectivity index (χ1) is 15.2. The highest BCUT2D eigenvalue weighted by molar-refractivity contribution is 5.82. The van der Waals surface area contributed by atoms with Gasteiger partial charge in [-0.15, -0.1) is 0 Å². The molecule has 0 saturated heterocycles. The SMILES string of the molecule is CCc1nc(-c2ccccc2)nc2c1nc(-c1cccc(C)c1)n2Nc1ccccc1. The summed E-state index contributed by atoms with van der Waals surface area (Å²) in [5, 5.41) is 0. The average Bonchev–Trinajstić information content (AvgIpc) is 3.18. The molecule has 0 aliphatic heterocycles. The maximum atomic E-state index is 5.00. The van der Waals surface area contributed by atoms with E-state index in [4.69, 9.17) is 15.0 Å². The molecule has 0 bridgehead atoms. The minimum Gasteiger partial charge on any atom is -0.291 e. The quantitative estimate of drug-likeness (QED) is 0.395. The van der Waals surface area contributed by atoms with E-state index in [-0.39, 0.29) is 0 Å². The second-order valence-electron chi connectivity index (χ2n) is 7.50. The van der Waals surface area contributed by atoms with Crippen LogP contribution in [0.5, 0.6) is 0 Å². The highest BCUT2D eigenvalue weighted by Gasteiger charge is 2.19. The van der Waals surface area contributed by atoms with Crippen LogP contribution in [-0.2, 0) is 6.42 Å². The van der Waals surface area contributed by atoms with Crippen LogP contribution in [-0.4, -0.2) is 19.6 Å². The zero-order valence-corrected chi connectivity index (χ0v) is 17.6. The molecule has 3 aromatic carbocycles. The van der Waals surface area contributed by atoms with Crippen LogP contribution < -0.4 is 5.43 Å². The predicted molar refractivity (Wildman–Crippen MR) is 126 cm³/mol. The summed E-state index contributed by atoms with van der Waals surface area (Å²) in [4.78, 5) is 14.8. The van der Waals surface area contributed by atoms with Gasteiger partial charge in [-0.3, -0.25) is 5.43 Å². The Labute approximate surface area is 181 Å². The second-order valence-corrected chi connectivity index (χ2v) is 7.50. The summed E-state index contributed by atoms with van der Waals surface area (Å²) in [5.41, 5.74) is 10.2. The smallest absolute Gasteiger partial charge is 0.183 e. The topological polar surface area (TPSA) is 55.6 Å². The van der Waals surface area contributed by atoms with Gasteiger partial charge in [0.05, 0.1) is 11.4 Å². The lowest BCUT2D eigenvalue weighted by atomic mass is 10.1. The highest BCUT2D eigenvalue weighted by atomic mass is 15.5. The lowest BCUT2D eigenvalue weighted by Crippen LogP contribution is -2.12. The molecule has 5 heteroatoms. The zero-order chi connectivity index (χ0) is 21.2. The summed E-state index contributed by atoms with van der Waals surface area (Å²) < 4.78 is 1.98. The molecular weight excluding hydrogens is 382 g/mol. The molecule has 1 N–H and O–H groups in total. The number of anilines is 1. The van der Waals surface area contributed by atoms with E-state index in [1.165, 1.54) is 5.56 Å². The maximum absolute atomic E-state index is 5.00. The van der Waals surface area contributed by atoms with Gasteiger partial charge < -0.3 is 0 Å². The standard InChI is InChI=1S/C26H23N5/c1-3-22-23-26(29-24(27-22)19-12-6-4-7-13-19)31(30-21-15-8-5-9-16-21)25(28-23)20-14-10-11-18(2)17-20/h4-17,30H,3H2,1-2H3. The molecular formula is C26H23N5. The van der Waals surface area contributed by atoms with E-state index in [1.807, 2.05) is 65.3 Å². The molecule has 2 heterocycles. The van der Waals surface area contributed by atoms with Gasteiger partial charge in [0.2, 0.25) is 0 Å². The van der Waals surface area contributed by atoms with Gasteiger partial charge in [0.1, 0.15) is 5.52 Å². The van der Waals surface area contributed by atoms with E-state index in [9.17, 15) is 0 Å². The fraction of sp³-hybridized carbons (Fsp3) is 0.115. The van der Waals surface area contributed by atoms with Crippen molar-refractivity contribution in [2.45, 2.75) is 20.3 Å². The minimum atomic E-state index is 0.705. The van der Waals surface area contributed by atoms with Gasteiger partial charge in [-0.1, -0.05) is 79.2 Å². The molecule has 0 amide bonds. The van der Waals surface area contributed by atoms with Gasteiger partial charge in [-0.25, -0.2) is 19.6 Å². The average molecular weight is 406 g/mol. The van der Waals surface area contributed by atoms with Crippen LogP contribution in [0.3, 0.4) is 0 Å². The molecule has 0 aliphatic rings. The highest BCUT2D eigenvalue weighted by Crippen LogP contribution is 2.28. The molecule has 0 spiro atoms. The van der Waals surface area contributed by atoms with E-state index in [2.05, 4.69) is 43.5 Å². The van der Waals surface area contributed by atoms with E-state index >= 15 is 0 Å². The fourth-order valence-corrected chi connectivity index (χ4v) is 3.70.